The van der Waals surface area contributed by atoms with Crippen LogP contribution in [0.2, 0.25) is 0 Å². The van der Waals surface area contributed by atoms with E-state index in [1.807, 2.05) is 0 Å². The Balaban J connectivity index is 2.19. The van der Waals surface area contributed by atoms with Crippen molar-refractivity contribution >= 4 is 17.5 Å². The third-order valence-electron chi connectivity index (χ3n) is 2.59. The summed E-state index contributed by atoms with van der Waals surface area (Å²) in [6.45, 7) is 0.000164. The third-order valence-corrected chi connectivity index (χ3v) is 2.59. The van der Waals surface area contributed by atoms with Crippen LogP contribution in [0.3, 0.4) is 0 Å². The standard InChI is InChI=1S/C12H14N6O2/c13-9-3-1-2-8(4-9)6-18(7-11(14)19)12(20)10-5-15-17-16-10/h1-5H,6-7,13H2,(H2,14,19)(H,15,16,17). The van der Waals surface area contributed by atoms with Crippen LogP contribution in [0.4, 0.5) is 5.69 Å². The van der Waals surface area contributed by atoms with E-state index in [1.54, 1.807) is 24.3 Å². The van der Waals surface area contributed by atoms with Crippen LogP contribution in [0.25, 0.3) is 0 Å². The minimum atomic E-state index is -0.606. The molecule has 0 saturated heterocycles. The molecule has 0 aliphatic rings. The number of H-pyrrole nitrogens is 1. The van der Waals surface area contributed by atoms with Crippen molar-refractivity contribution in [2.75, 3.05) is 12.3 Å². The number of nitrogens with two attached hydrogens (primary N) is 2. The average Bonchev–Trinajstić information content (AvgIpc) is 2.90. The second kappa shape index (κ2) is 5.83. The molecule has 0 saturated carbocycles. The Bertz CT molecular complexity index is 610. The van der Waals surface area contributed by atoms with E-state index in [4.69, 9.17) is 11.5 Å². The van der Waals surface area contributed by atoms with Crippen molar-refractivity contribution in [3.8, 4) is 0 Å². The number of carbonyl (C=O) groups is 2. The molecule has 8 heteroatoms. The molecule has 1 aromatic carbocycles. The maximum absolute atomic E-state index is 12.2. The number of primary amides is 1. The van der Waals surface area contributed by atoms with Crippen LogP contribution in [0.1, 0.15) is 16.1 Å². The van der Waals surface area contributed by atoms with Crippen LogP contribution in [0.15, 0.2) is 30.5 Å². The lowest BCUT2D eigenvalue weighted by Gasteiger charge is -2.20. The summed E-state index contributed by atoms with van der Waals surface area (Å²) in [6, 6.07) is 7.04. The number of carbonyl (C=O) groups excluding carboxylic acids is 2. The first-order chi connectivity index (χ1) is 9.56. The van der Waals surface area contributed by atoms with Gasteiger partial charge in [0.25, 0.3) is 5.91 Å². The molecule has 2 amide bonds. The fraction of sp³-hybridized carbons (Fsp3) is 0.167. The predicted molar refractivity (Wildman–Crippen MR) is 71.2 cm³/mol. The normalized spacial score (nSPS) is 10.2. The second-order valence-corrected chi connectivity index (χ2v) is 4.23. The van der Waals surface area contributed by atoms with E-state index < -0.39 is 11.8 Å². The zero-order valence-corrected chi connectivity index (χ0v) is 10.6. The highest BCUT2D eigenvalue weighted by Crippen LogP contribution is 2.11. The number of nitrogens with one attached hydrogen (secondary N) is 1. The zero-order chi connectivity index (χ0) is 14.5. The number of hydrogen-bond donors (Lipinski definition) is 3. The lowest BCUT2D eigenvalue weighted by atomic mass is 10.2. The van der Waals surface area contributed by atoms with E-state index in [-0.39, 0.29) is 18.8 Å². The number of aromatic nitrogens is 3. The zero-order valence-electron chi connectivity index (χ0n) is 10.6. The third kappa shape index (κ3) is 3.31. The SMILES string of the molecule is NC(=O)CN(Cc1cccc(N)c1)C(=O)c1cn[nH]n1. The molecule has 5 N–H and O–H groups in total. The average molecular weight is 274 g/mol. The molecule has 0 fully saturated rings. The van der Waals surface area contributed by atoms with E-state index in [0.717, 1.165) is 5.56 Å². The van der Waals surface area contributed by atoms with Gasteiger partial charge in [0.05, 0.1) is 6.20 Å². The summed E-state index contributed by atoms with van der Waals surface area (Å²) in [4.78, 5) is 24.6. The van der Waals surface area contributed by atoms with Crippen molar-refractivity contribution < 1.29 is 9.59 Å². The van der Waals surface area contributed by atoms with E-state index in [2.05, 4.69) is 15.4 Å². The van der Waals surface area contributed by atoms with Crippen molar-refractivity contribution in [2.24, 2.45) is 5.73 Å². The van der Waals surface area contributed by atoms with Gasteiger partial charge < -0.3 is 16.4 Å². The summed E-state index contributed by atoms with van der Waals surface area (Å²) in [5.74, 6) is -1.04. The van der Waals surface area contributed by atoms with Gasteiger partial charge in [-0.3, -0.25) is 9.59 Å². The maximum atomic E-state index is 12.2. The van der Waals surface area contributed by atoms with Crippen molar-refractivity contribution in [1.82, 2.24) is 20.3 Å². The molecule has 104 valence electrons. The Kier molecular flexibility index (Phi) is 3.94. The van der Waals surface area contributed by atoms with Gasteiger partial charge in [-0.2, -0.15) is 15.4 Å². The molecular formula is C12H14N6O2. The highest BCUT2D eigenvalue weighted by molar-refractivity contribution is 5.94. The van der Waals surface area contributed by atoms with Crippen LogP contribution in [-0.2, 0) is 11.3 Å². The topological polar surface area (TPSA) is 131 Å². The molecule has 0 atom stereocenters. The molecule has 0 aliphatic carbocycles. The molecule has 0 bridgehead atoms. The Labute approximate surface area is 114 Å². The number of aromatic amines is 1. The molecule has 0 radical (unpaired) electrons. The van der Waals surface area contributed by atoms with E-state index in [9.17, 15) is 9.59 Å². The highest BCUT2D eigenvalue weighted by atomic mass is 16.2. The second-order valence-electron chi connectivity index (χ2n) is 4.23. The van der Waals surface area contributed by atoms with Crippen molar-refractivity contribution in [3.05, 3.63) is 41.7 Å². The Hall–Kier alpha value is -2.90. The molecule has 0 aliphatic heterocycles. The molecular weight excluding hydrogens is 260 g/mol. The fourth-order valence-electron chi connectivity index (χ4n) is 1.77. The minimum absolute atomic E-state index is 0.121. The lowest BCUT2D eigenvalue weighted by Crippen LogP contribution is -2.38. The Morgan fingerprint density at radius 2 is 2.15 bits per heavy atom. The summed E-state index contributed by atoms with van der Waals surface area (Å²) in [5, 5.41) is 9.61. The number of amides is 2. The smallest absolute Gasteiger partial charge is 0.276 e. The maximum Gasteiger partial charge on any atom is 0.276 e. The van der Waals surface area contributed by atoms with Gasteiger partial charge in [-0.05, 0) is 17.7 Å². The number of rotatable bonds is 5. The largest absolute Gasteiger partial charge is 0.399 e. The van der Waals surface area contributed by atoms with Crippen LogP contribution >= 0.6 is 0 Å². The van der Waals surface area contributed by atoms with Gasteiger partial charge in [0.2, 0.25) is 5.91 Å². The molecule has 8 nitrogen and oxygen atoms in total. The molecule has 0 spiro atoms. The molecule has 1 aromatic heterocycles. The van der Waals surface area contributed by atoms with Crippen LogP contribution in [-0.4, -0.2) is 38.7 Å². The summed E-state index contributed by atoms with van der Waals surface area (Å²) in [7, 11) is 0. The molecule has 2 rings (SSSR count). The number of anilines is 1. The molecule has 20 heavy (non-hydrogen) atoms. The number of benzene rings is 1. The van der Waals surface area contributed by atoms with E-state index in [1.165, 1.54) is 11.1 Å². The van der Waals surface area contributed by atoms with Crippen LogP contribution in [0.5, 0.6) is 0 Å². The van der Waals surface area contributed by atoms with E-state index >= 15 is 0 Å². The first kappa shape index (κ1) is 13.5. The monoisotopic (exact) mass is 274 g/mol. The van der Waals surface area contributed by atoms with Gasteiger partial charge in [0.15, 0.2) is 5.69 Å². The molecule has 2 aromatic rings. The van der Waals surface area contributed by atoms with Crippen molar-refractivity contribution in [3.63, 3.8) is 0 Å². The van der Waals surface area contributed by atoms with Crippen molar-refractivity contribution in [1.29, 1.82) is 0 Å². The lowest BCUT2D eigenvalue weighted by molar-refractivity contribution is -0.118. The molecule has 0 unspecified atom stereocenters. The summed E-state index contributed by atoms with van der Waals surface area (Å²) in [6.07, 6.45) is 1.29. The fourth-order valence-corrected chi connectivity index (χ4v) is 1.77. The first-order valence-corrected chi connectivity index (χ1v) is 5.84. The molecule has 1 heterocycles. The van der Waals surface area contributed by atoms with Gasteiger partial charge in [0.1, 0.15) is 6.54 Å². The van der Waals surface area contributed by atoms with Crippen LogP contribution < -0.4 is 11.5 Å². The number of nitrogen functional groups attached to an aromatic ring is 1. The predicted octanol–water partition coefficient (Wildman–Crippen LogP) is -0.485. The van der Waals surface area contributed by atoms with Crippen LogP contribution in [0, 0.1) is 0 Å². The first-order valence-electron chi connectivity index (χ1n) is 5.84. The summed E-state index contributed by atoms with van der Waals surface area (Å²) in [5.41, 5.74) is 12.3. The quantitative estimate of drug-likeness (QED) is 0.633. The number of nitrogens with zero attached hydrogens (tertiary/aromatic N) is 3. The minimum Gasteiger partial charge on any atom is -0.399 e. The number of hydrogen-bond acceptors (Lipinski definition) is 5. The Morgan fingerprint density at radius 3 is 2.75 bits per heavy atom. The van der Waals surface area contributed by atoms with Gasteiger partial charge >= 0.3 is 0 Å². The highest BCUT2D eigenvalue weighted by Gasteiger charge is 2.20. The Morgan fingerprint density at radius 1 is 1.35 bits per heavy atom. The van der Waals surface area contributed by atoms with Gasteiger partial charge in [-0.25, -0.2) is 0 Å². The van der Waals surface area contributed by atoms with Gasteiger partial charge in [0, 0.05) is 12.2 Å². The van der Waals surface area contributed by atoms with E-state index in [0.29, 0.717) is 5.69 Å². The summed E-state index contributed by atoms with van der Waals surface area (Å²) < 4.78 is 0. The van der Waals surface area contributed by atoms with Gasteiger partial charge in [-0.15, -0.1) is 0 Å². The van der Waals surface area contributed by atoms with Gasteiger partial charge in [-0.1, -0.05) is 12.1 Å². The summed E-state index contributed by atoms with van der Waals surface area (Å²) >= 11 is 0. The van der Waals surface area contributed by atoms with Crippen molar-refractivity contribution in [2.45, 2.75) is 6.54 Å².